The molecule has 0 saturated heterocycles. The summed E-state index contributed by atoms with van der Waals surface area (Å²) in [6.07, 6.45) is -0.249. The summed E-state index contributed by atoms with van der Waals surface area (Å²) < 4.78 is 30.2. The van der Waals surface area contributed by atoms with Gasteiger partial charge in [0.05, 0.1) is 29.4 Å². The maximum Gasteiger partial charge on any atom is 0.306 e. The van der Waals surface area contributed by atoms with E-state index in [2.05, 4.69) is 25.4 Å². The smallest absolute Gasteiger partial charge is 0.306 e. The number of phenolic OH excluding ortho intramolecular Hbond substituents is 1. The van der Waals surface area contributed by atoms with E-state index >= 15 is 0 Å². The number of nitrogens with one attached hydrogen (secondary N) is 1. The number of phenols is 1. The van der Waals surface area contributed by atoms with Crippen molar-refractivity contribution in [3.8, 4) is 5.75 Å². The lowest BCUT2D eigenvalue weighted by molar-refractivity contribution is -0.140. The molecule has 100 valence electrons. The van der Waals surface area contributed by atoms with Crippen LogP contribution in [0.15, 0.2) is 22.7 Å². The second kappa shape index (κ2) is 6.05. The third-order valence-electron chi connectivity index (χ3n) is 2.05. The monoisotopic (exact) mass is 337 g/mol. The lowest BCUT2D eigenvalue weighted by Crippen LogP contribution is -2.19. The van der Waals surface area contributed by atoms with Crippen molar-refractivity contribution in [2.24, 2.45) is 0 Å². The Bertz CT molecular complexity index is 543. The SMILES string of the molecule is COC(=O)CCS(=O)(=O)Nc1cccc(Br)c1O. The van der Waals surface area contributed by atoms with Crippen molar-refractivity contribution < 1.29 is 23.1 Å². The Morgan fingerprint density at radius 3 is 2.78 bits per heavy atom. The van der Waals surface area contributed by atoms with Gasteiger partial charge >= 0.3 is 5.97 Å². The van der Waals surface area contributed by atoms with Crippen molar-refractivity contribution in [1.82, 2.24) is 0 Å². The van der Waals surface area contributed by atoms with Gasteiger partial charge in [0.2, 0.25) is 10.0 Å². The number of rotatable bonds is 5. The minimum atomic E-state index is -3.71. The first-order chi connectivity index (χ1) is 8.35. The molecule has 8 heteroatoms. The maximum absolute atomic E-state index is 11.6. The van der Waals surface area contributed by atoms with Crippen molar-refractivity contribution in [1.29, 1.82) is 0 Å². The molecule has 0 unspecified atom stereocenters. The molecule has 0 atom stereocenters. The summed E-state index contributed by atoms with van der Waals surface area (Å²) in [4.78, 5) is 10.9. The van der Waals surface area contributed by atoms with Crippen LogP contribution >= 0.6 is 15.9 Å². The normalized spacial score (nSPS) is 11.0. The van der Waals surface area contributed by atoms with Gasteiger partial charge in [-0.15, -0.1) is 0 Å². The molecule has 0 spiro atoms. The Balaban J connectivity index is 2.77. The minimum Gasteiger partial charge on any atom is -0.505 e. The first-order valence-corrected chi connectivity index (χ1v) is 7.35. The van der Waals surface area contributed by atoms with Crippen LogP contribution in [0.5, 0.6) is 5.75 Å². The van der Waals surface area contributed by atoms with Crippen LogP contribution in [0.2, 0.25) is 0 Å². The predicted molar refractivity (Wildman–Crippen MR) is 69.8 cm³/mol. The van der Waals surface area contributed by atoms with Gasteiger partial charge in [-0.05, 0) is 28.1 Å². The standard InChI is InChI=1S/C10H12BrNO5S/c1-17-9(13)5-6-18(15,16)12-8-4-2-3-7(11)10(8)14/h2-4,12,14H,5-6H2,1H3. The third-order valence-corrected chi connectivity index (χ3v) is 3.97. The first-order valence-electron chi connectivity index (χ1n) is 4.90. The summed E-state index contributed by atoms with van der Waals surface area (Å²) in [5.74, 6) is -1.23. The van der Waals surface area contributed by atoms with Crippen LogP contribution in [0.25, 0.3) is 0 Å². The molecule has 0 aliphatic rings. The Morgan fingerprint density at radius 2 is 2.17 bits per heavy atom. The van der Waals surface area contributed by atoms with E-state index in [1.165, 1.54) is 13.2 Å². The van der Waals surface area contributed by atoms with Crippen LogP contribution < -0.4 is 4.72 Å². The molecule has 2 N–H and O–H groups in total. The van der Waals surface area contributed by atoms with Gasteiger partial charge in [-0.1, -0.05) is 6.07 Å². The molecule has 1 aromatic rings. The number of aromatic hydroxyl groups is 1. The minimum absolute atomic E-state index is 0.0502. The van der Waals surface area contributed by atoms with Gasteiger partial charge in [0, 0.05) is 0 Å². The first kappa shape index (κ1) is 14.8. The zero-order valence-corrected chi connectivity index (χ0v) is 11.9. The van der Waals surface area contributed by atoms with Crippen LogP contribution in [0.4, 0.5) is 5.69 Å². The summed E-state index contributed by atoms with van der Waals surface area (Å²) >= 11 is 3.07. The van der Waals surface area contributed by atoms with Gasteiger partial charge in [-0.25, -0.2) is 8.42 Å². The highest BCUT2D eigenvalue weighted by molar-refractivity contribution is 9.10. The van der Waals surface area contributed by atoms with Crippen LogP contribution in [0.3, 0.4) is 0 Å². The Hall–Kier alpha value is -1.28. The van der Waals surface area contributed by atoms with E-state index in [1.54, 1.807) is 12.1 Å². The van der Waals surface area contributed by atoms with E-state index in [9.17, 15) is 18.3 Å². The summed E-state index contributed by atoms with van der Waals surface area (Å²) in [6, 6.07) is 4.55. The summed E-state index contributed by atoms with van der Waals surface area (Å²) in [5.41, 5.74) is 0.0502. The van der Waals surface area contributed by atoms with Crippen molar-refractivity contribution in [2.75, 3.05) is 17.6 Å². The van der Waals surface area contributed by atoms with Gasteiger partial charge in [-0.3, -0.25) is 9.52 Å². The molecule has 0 aliphatic carbocycles. The lowest BCUT2D eigenvalue weighted by atomic mass is 10.3. The van der Waals surface area contributed by atoms with E-state index in [0.29, 0.717) is 4.47 Å². The molecule has 6 nitrogen and oxygen atoms in total. The van der Waals surface area contributed by atoms with Gasteiger partial charge < -0.3 is 9.84 Å². The molecule has 1 aromatic carbocycles. The second-order valence-corrected chi connectivity index (χ2v) is 6.08. The average molecular weight is 338 g/mol. The Labute approximate surface area is 113 Å². The Morgan fingerprint density at radius 1 is 1.50 bits per heavy atom. The number of para-hydroxylation sites is 1. The number of hydrogen-bond acceptors (Lipinski definition) is 5. The number of carbonyl (C=O) groups excluding carboxylic acids is 1. The number of sulfonamides is 1. The molecule has 0 radical (unpaired) electrons. The third kappa shape index (κ3) is 4.19. The van der Waals surface area contributed by atoms with Gasteiger partial charge in [-0.2, -0.15) is 0 Å². The number of benzene rings is 1. The zero-order chi connectivity index (χ0) is 13.8. The lowest BCUT2D eigenvalue weighted by Gasteiger charge is -2.09. The van der Waals surface area contributed by atoms with Gasteiger partial charge in [0.15, 0.2) is 5.75 Å². The van der Waals surface area contributed by atoms with Crippen molar-refractivity contribution in [2.45, 2.75) is 6.42 Å². The number of hydrogen-bond donors (Lipinski definition) is 2. The number of anilines is 1. The number of carbonyl (C=O) groups is 1. The highest BCUT2D eigenvalue weighted by Gasteiger charge is 2.16. The molecular weight excluding hydrogens is 326 g/mol. The molecule has 0 amide bonds. The molecule has 0 aliphatic heterocycles. The van der Waals surface area contributed by atoms with E-state index in [0.717, 1.165) is 0 Å². The summed E-state index contributed by atoms with van der Waals surface area (Å²) in [6.45, 7) is 0. The van der Waals surface area contributed by atoms with Gasteiger partial charge in [0.1, 0.15) is 0 Å². The molecule has 18 heavy (non-hydrogen) atoms. The number of esters is 1. The topological polar surface area (TPSA) is 92.7 Å². The maximum atomic E-state index is 11.6. The quantitative estimate of drug-likeness (QED) is 0.626. The number of methoxy groups -OCH3 is 1. The molecule has 1 rings (SSSR count). The second-order valence-electron chi connectivity index (χ2n) is 3.38. The molecule has 0 fully saturated rings. The highest BCUT2D eigenvalue weighted by Crippen LogP contribution is 2.32. The highest BCUT2D eigenvalue weighted by atomic mass is 79.9. The largest absolute Gasteiger partial charge is 0.505 e. The summed E-state index contributed by atoms with van der Waals surface area (Å²) in [5, 5.41) is 9.62. The van der Waals surface area contributed by atoms with Crippen LogP contribution in [-0.2, 0) is 19.6 Å². The van der Waals surface area contributed by atoms with Gasteiger partial charge in [0.25, 0.3) is 0 Å². The fourth-order valence-corrected chi connectivity index (χ4v) is 2.54. The average Bonchev–Trinajstić information content (AvgIpc) is 2.32. The fourth-order valence-electron chi connectivity index (χ4n) is 1.14. The number of halogens is 1. The molecular formula is C10H12BrNO5S. The van der Waals surface area contributed by atoms with E-state index < -0.39 is 21.7 Å². The van der Waals surface area contributed by atoms with E-state index in [4.69, 9.17) is 0 Å². The fraction of sp³-hybridized carbons (Fsp3) is 0.300. The molecule has 0 bridgehead atoms. The van der Waals surface area contributed by atoms with Crippen LogP contribution in [0, 0.1) is 0 Å². The van der Waals surface area contributed by atoms with Crippen LogP contribution in [-0.4, -0.2) is 32.4 Å². The molecule has 0 heterocycles. The van der Waals surface area contributed by atoms with E-state index in [-0.39, 0.29) is 17.9 Å². The summed E-state index contributed by atoms with van der Waals surface area (Å²) in [7, 11) is -2.53. The van der Waals surface area contributed by atoms with Crippen molar-refractivity contribution in [3.05, 3.63) is 22.7 Å². The Kier molecular flexibility index (Phi) is 4.97. The predicted octanol–water partition coefficient (Wildman–Crippen LogP) is 1.46. The van der Waals surface area contributed by atoms with Crippen molar-refractivity contribution >= 4 is 37.6 Å². The van der Waals surface area contributed by atoms with Crippen LogP contribution in [0.1, 0.15) is 6.42 Å². The zero-order valence-electron chi connectivity index (χ0n) is 9.51. The molecule has 0 aromatic heterocycles. The number of ether oxygens (including phenoxy) is 1. The van der Waals surface area contributed by atoms with Crippen molar-refractivity contribution in [3.63, 3.8) is 0 Å². The molecule has 0 saturated carbocycles. The van der Waals surface area contributed by atoms with E-state index in [1.807, 2.05) is 0 Å².